The Balaban J connectivity index is 2.30. The van der Waals surface area contributed by atoms with Gasteiger partial charge in [0.2, 0.25) is 0 Å². The summed E-state index contributed by atoms with van der Waals surface area (Å²) in [5, 5.41) is 11.5. The number of carboxylic acid groups (broad SMARTS) is 1. The molecule has 92 valence electrons. The molecule has 2 unspecified atom stereocenters. The summed E-state index contributed by atoms with van der Waals surface area (Å²) in [4.78, 5) is 10.8. The first-order chi connectivity index (χ1) is 8.00. The van der Waals surface area contributed by atoms with Gasteiger partial charge >= 0.3 is 5.97 Å². The molecule has 6 heteroatoms. The number of hydrogen-bond donors (Lipinski definition) is 2. The minimum atomic E-state index is -0.997. The van der Waals surface area contributed by atoms with E-state index in [2.05, 4.69) is 21.2 Å². The number of halogens is 3. The molecule has 1 fully saturated rings. The van der Waals surface area contributed by atoms with Gasteiger partial charge in [0.15, 0.2) is 0 Å². The van der Waals surface area contributed by atoms with Crippen LogP contribution < -0.4 is 5.32 Å². The average molecular weight is 306 g/mol. The van der Waals surface area contributed by atoms with Gasteiger partial charge in [-0.2, -0.15) is 0 Å². The maximum atomic E-state index is 13.8. The maximum Gasteiger partial charge on any atom is 0.320 e. The molecule has 0 bridgehead atoms. The van der Waals surface area contributed by atoms with Crippen molar-refractivity contribution in [2.75, 3.05) is 6.54 Å². The third-order valence-electron chi connectivity index (χ3n) is 2.92. The van der Waals surface area contributed by atoms with Gasteiger partial charge in [-0.1, -0.05) is 0 Å². The molecule has 1 saturated heterocycles. The fourth-order valence-electron chi connectivity index (χ4n) is 2.06. The zero-order chi connectivity index (χ0) is 12.6. The molecule has 0 aromatic heterocycles. The monoisotopic (exact) mass is 305 g/mol. The lowest BCUT2D eigenvalue weighted by Crippen LogP contribution is -2.29. The SMILES string of the molecule is O=C(O)C1CC(c2c(F)ccc(Br)c2F)CN1. The molecule has 1 heterocycles. The molecule has 2 N–H and O–H groups in total. The van der Waals surface area contributed by atoms with Crippen LogP contribution in [0.5, 0.6) is 0 Å². The summed E-state index contributed by atoms with van der Waals surface area (Å²) in [5.74, 6) is -2.73. The van der Waals surface area contributed by atoms with Crippen LogP contribution in [0.4, 0.5) is 8.78 Å². The van der Waals surface area contributed by atoms with Gasteiger partial charge in [0.1, 0.15) is 17.7 Å². The highest BCUT2D eigenvalue weighted by Crippen LogP contribution is 2.32. The molecular weight excluding hydrogens is 296 g/mol. The largest absolute Gasteiger partial charge is 0.480 e. The first-order valence-electron chi connectivity index (χ1n) is 5.10. The second-order valence-electron chi connectivity index (χ2n) is 3.99. The Morgan fingerprint density at radius 3 is 2.76 bits per heavy atom. The molecule has 2 atom stereocenters. The number of rotatable bonds is 2. The Hall–Kier alpha value is -1.01. The van der Waals surface area contributed by atoms with Gasteiger partial charge in [0.25, 0.3) is 0 Å². The molecule has 0 spiro atoms. The van der Waals surface area contributed by atoms with Crippen LogP contribution in [0.3, 0.4) is 0 Å². The number of carbonyl (C=O) groups is 1. The Bertz CT molecular complexity index is 467. The normalized spacial score (nSPS) is 23.9. The summed E-state index contributed by atoms with van der Waals surface area (Å²) < 4.78 is 27.5. The van der Waals surface area contributed by atoms with E-state index >= 15 is 0 Å². The molecular formula is C11H10BrF2NO2. The summed E-state index contributed by atoms with van der Waals surface area (Å²) in [5.41, 5.74) is -0.0457. The van der Waals surface area contributed by atoms with Crippen molar-refractivity contribution in [3.05, 3.63) is 33.8 Å². The Morgan fingerprint density at radius 1 is 1.47 bits per heavy atom. The molecule has 17 heavy (non-hydrogen) atoms. The summed E-state index contributed by atoms with van der Waals surface area (Å²) in [6, 6.07) is 1.74. The van der Waals surface area contributed by atoms with E-state index in [0.29, 0.717) is 0 Å². The quantitative estimate of drug-likeness (QED) is 0.824. The van der Waals surface area contributed by atoms with Crippen LogP contribution in [-0.4, -0.2) is 23.7 Å². The summed E-state index contributed by atoms with van der Waals surface area (Å²) >= 11 is 2.99. The topological polar surface area (TPSA) is 49.3 Å². The van der Waals surface area contributed by atoms with E-state index in [1.165, 1.54) is 12.1 Å². The van der Waals surface area contributed by atoms with Crippen LogP contribution in [0.2, 0.25) is 0 Å². The molecule has 2 rings (SSSR count). The molecule has 0 radical (unpaired) electrons. The number of benzene rings is 1. The van der Waals surface area contributed by atoms with Crippen LogP contribution in [-0.2, 0) is 4.79 Å². The lowest BCUT2D eigenvalue weighted by atomic mass is 9.95. The minimum Gasteiger partial charge on any atom is -0.480 e. The van der Waals surface area contributed by atoms with Crippen molar-refractivity contribution >= 4 is 21.9 Å². The van der Waals surface area contributed by atoms with Gasteiger partial charge in [-0.3, -0.25) is 4.79 Å². The van der Waals surface area contributed by atoms with E-state index < -0.39 is 29.6 Å². The Kier molecular flexibility index (Phi) is 3.44. The van der Waals surface area contributed by atoms with Crippen molar-refractivity contribution in [1.82, 2.24) is 5.32 Å². The summed E-state index contributed by atoms with van der Waals surface area (Å²) in [7, 11) is 0. The maximum absolute atomic E-state index is 13.8. The van der Waals surface area contributed by atoms with Gasteiger partial charge in [-0.05, 0) is 34.5 Å². The van der Waals surface area contributed by atoms with E-state index in [1.807, 2.05) is 0 Å². The average Bonchev–Trinajstić information content (AvgIpc) is 2.73. The van der Waals surface area contributed by atoms with E-state index in [1.54, 1.807) is 0 Å². The number of carboxylic acids is 1. The van der Waals surface area contributed by atoms with Gasteiger partial charge < -0.3 is 10.4 Å². The lowest BCUT2D eigenvalue weighted by Gasteiger charge is -2.12. The van der Waals surface area contributed by atoms with Crippen molar-refractivity contribution in [2.45, 2.75) is 18.4 Å². The third kappa shape index (κ3) is 2.32. The van der Waals surface area contributed by atoms with Gasteiger partial charge in [0.05, 0.1) is 4.47 Å². The lowest BCUT2D eigenvalue weighted by molar-refractivity contribution is -0.139. The molecule has 0 saturated carbocycles. The summed E-state index contributed by atoms with van der Waals surface area (Å²) in [6.07, 6.45) is 0.194. The molecule has 1 aliphatic heterocycles. The van der Waals surface area contributed by atoms with Crippen LogP contribution in [0.25, 0.3) is 0 Å². The predicted molar refractivity (Wildman–Crippen MR) is 60.8 cm³/mol. The molecule has 1 aliphatic rings. The highest BCUT2D eigenvalue weighted by Gasteiger charge is 2.33. The van der Waals surface area contributed by atoms with Gasteiger partial charge in [0, 0.05) is 18.0 Å². The third-order valence-corrected chi connectivity index (χ3v) is 3.53. The molecule has 1 aromatic carbocycles. The smallest absolute Gasteiger partial charge is 0.320 e. The van der Waals surface area contributed by atoms with E-state index in [4.69, 9.17) is 5.11 Å². The van der Waals surface area contributed by atoms with Crippen LogP contribution in [0, 0.1) is 11.6 Å². The number of nitrogens with one attached hydrogen (secondary N) is 1. The second-order valence-corrected chi connectivity index (χ2v) is 4.84. The Morgan fingerprint density at radius 2 is 2.18 bits per heavy atom. The fourth-order valence-corrected chi connectivity index (χ4v) is 2.41. The first-order valence-corrected chi connectivity index (χ1v) is 5.89. The van der Waals surface area contributed by atoms with Crippen molar-refractivity contribution in [3.8, 4) is 0 Å². The van der Waals surface area contributed by atoms with Crippen molar-refractivity contribution in [2.24, 2.45) is 0 Å². The molecule has 1 aromatic rings. The molecule has 3 nitrogen and oxygen atoms in total. The highest BCUT2D eigenvalue weighted by atomic mass is 79.9. The predicted octanol–water partition coefficient (Wildman–Crippen LogP) is 2.26. The van der Waals surface area contributed by atoms with Crippen LogP contribution in [0.1, 0.15) is 17.9 Å². The minimum absolute atomic E-state index is 0.0457. The molecule has 0 aliphatic carbocycles. The Labute approximate surface area is 105 Å². The van der Waals surface area contributed by atoms with Gasteiger partial charge in [-0.15, -0.1) is 0 Å². The van der Waals surface area contributed by atoms with E-state index in [-0.39, 0.29) is 23.0 Å². The van der Waals surface area contributed by atoms with E-state index in [0.717, 1.165) is 0 Å². The van der Waals surface area contributed by atoms with Crippen LogP contribution >= 0.6 is 15.9 Å². The van der Waals surface area contributed by atoms with Crippen molar-refractivity contribution in [1.29, 1.82) is 0 Å². The summed E-state index contributed by atoms with van der Waals surface area (Å²) in [6.45, 7) is 0.265. The highest BCUT2D eigenvalue weighted by molar-refractivity contribution is 9.10. The first kappa shape index (κ1) is 12.4. The fraction of sp³-hybridized carbons (Fsp3) is 0.364. The van der Waals surface area contributed by atoms with Crippen molar-refractivity contribution < 1.29 is 18.7 Å². The number of hydrogen-bond acceptors (Lipinski definition) is 2. The van der Waals surface area contributed by atoms with Crippen LogP contribution in [0.15, 0.2) is 16.6 Å². The van der Waals surface area contributed by atoms with E-state index in [9.17, 15) is 13.6 Å². The molecule has 0 amide bonds. The van der Waals surface area contributed by atoms with Crippen molar-refractivity contribution in [3.63, 3.8) is 0 Å². The number of aliphatic carboxylic acids is 1. The zero-order valence-electron chi connectivity index (χ0n) is 8.71. The second kappa shape index (κ2) is 4.70. The zero-order valence-corrected chi connectivity index (χ0v) is 10.3. The standard InChI is InChI=1S/C11H10BrF2NO2/c12-6-1-2-7(13)9(10(6)14)5-3-8(11(16)17)15-4-5/h1-2,5,8,15H,3-4H2,(H,16,17). The van der Waals surface area contributed by atoms with Gasteiger partial charge in [-0.25, -0.2) is 8.78 Å².